The molecule has 0 heterocycles. The quantitative estimate of drug-likeness (QED) is 0.764. The van der Waals surface area contributed by atoms with Gasteiger partial charge in [-0.15, -0.1) is 0 Å². The molecule has 2 amide bonds. The summed E-state index contributed by atoms with van der Waals surface area (Å²) in [5.74, 6) is 1.22. The molecule has 0 aliphatic rings. The van der Waals surface area contributed by atoms with Crippen LogP contribution >= 0.6 is 0 Å². The molecular formula is C20H26N2O5S. The van der Waals surface area contributed by atoms with Crippen molar-refractivity contribution in [3.05, 3.63) is 53.6 Å². The second kappa shape index (κ2) is 8.97. The standard InChI is InChI=1S/C20H26N2O5S/c1-14(16-7-9-17(10-8-16)28(5,24)25)22(2)20(23)21-13-15-6-11-18(26-3)19(12-15)27-4/h6-12,14H,13H2,1-5H3,(H,21,23). The smallest absolute Gasteiger partial charge is 0.317 e. The molecule has 0 aromatic heterocycles. The molecule has 1 atom stereocenters. The molecule has 1 N–H and O–H groups in total. The minimum atomic E-state index is -3.24. The number of carbonyl (C=O) groups excluding carboxylic acids is 1. The van der Waals surface area contributed by atoms with Gasteiger partial charge in [0, 0.05) is 19.8 Å². The molecular weight excluding hydrogens is 380 g/mol. The van der Waals surface area contributed by atoms with Crippen molar-refractivity contribution in [1.29, 1.82) is 0 Å². The molecule has 0 radical (unpaired) electrons. The molecule has 0 saturated carbocycles. The first-order valence-electron chi connectivity index (χ1n) is 8.69. The van der Waals surface area contributed by atoms with E-state index >= 15 is 0 Å². The van der Waals surface area contributed by atoms with Crippen LogP contribution in [0.4, 0.5) is 4.79 Å². The largest absolute Gasteiger partial charge is 0.493 e. The van der Waals surface area contributed by atoms with Crippen molar-refractivity contribution in [2.24, 2.45) is 0 Å². The summed E-state index contributed by atoms with van der Waals surface area (Å²) in [6, 6.07) is 11.5. The third-order valence-electron chi connectivity index (χ3n) is 4.58. The number of hydrogen-bond donors (Lipinski definition) is 1. The molecule has 2 aromatic rings. The molecule has 2 rings (SSSR count). The van der Waals surface area contributed by atoms with E-state index in [4.69, 9.17) is 9.47 Å². The summed E-state index contributed by atoms with van der Waals surface area (Å²) in [5.41, 5.74) is 1.72. The highest BCUT2D eigenvalue weighted by molar-refractivity contribution is 7.90. The summed E-state index contributed by atoms with van der Waals surface area (Å²) in [4.78, 5) is 14.3. The molecule has 0 aliphatic carbocycles. The molecule has 0 saturated heterocycles. The lowest BCUT2D eigenvalue weighted by molar-refractivity contribution is 0.194. The Kier molecular flexibility index (Phi) is 6.90. The summed E-state index contributed by atoms with van der Waals surface area (Å²) >= 11 is 0. The molecule has 0 bridgehead atoms. The molecule has 28 heavy (non-hydrogen) atoms. The van der Waals surface area contributed by atoms with E-state index in [9.17, 15) is 13.2 Å². The van der Waals surface area contributed by atoms with Gasteiger partial charge in [-0.2, -0.15) is 0 Å². The maximum absolute atomic E-state index is 12.5. The summed E-state index contributed by atoms with van der Waals surface area (Å²) in [6.07, 6.45) is 1.17. The second-order valence-corrected chi connectivity index (χ2v) is 8.49. The number of sulfone groups is 1. The number of benzene rings is 2. The Balaban J connectivity index is 2.02. The maximum Gasteiger partial charge on any atom is 0.317 e. The van der Waals surface area contributed by atoms with E-state index in [0.29, 0.717) is 18.0 Å². The Labute approximate surface area is 166 Å². The van der Waals surface area contributed by atoms with E-state index in [1.165, 1.54) is 6.26 Å². The van der Waals surface area contributed by atoms with Crippen LogP contribution in [0.15, 0.2) is 47.4 Å². The van der Waals surface area contributed by atoms with Crippen LogP contribution < -0.4 is 14.8 Å². The number of rotatable bonds is 7. The maximum atomic E-state index is 12.5. The van der Waals surface area contributed by atoms with Gasteiger partial charge in [-0.3, -0.25) is 0 Å². The zero-order valence-corrected chi connectivity index (χ0v) is 17.5. The monoisotopic (exact) mass is 406 g/mol. The molecule has 2 aromatic carbocycles. The molecule has 0 spiro atoms. The predicted octanol–water partition coefficient (Wildman–Crippen LogP) is 3.01. The molecule has 152 valence electrons. The predicted molar refractivity (Wildman–Crippen MR) is 108 cm³/mol. The van der Waals surface area contributed by atoms with E-state index < -0.39 is 9.84 Å². The van der Waals surface area contributed by atoms with Gasteiger partial charge in [0.1, 0.15) is 0 Å². The highest BCUT2D eigenvalue weighted by Crippen LogP contribution is 2.27. The van der Waals surface area contributed by atoms with Crippen molar-refractivity contribution in [1.82, 2.24) is 10.2 Å². The Bertz CT molecular complexity index is 926. The number of urea groups is 1. The molecule has 8 heteroatoms. The van der Waals surface area contributed by atoms with Gasteiger partial charge in [-0.1, -0.05) is 18.2 Å². The third-order valence-corrected chi connectivity index (χ3v) is 5.71. The van der Waals surface area contributed by atoms with E-state index in [1.54, 1.807) is 56.5 Å². The van der Waals surface area contributed by atoms with Crippen LogP contribution in [-0.4, -0.2) is 46.9 Å². The van der Waals surface area contributed by atoms with Gasteiger partial charge in [-0.25, -0.2) is 13.2 Å². The van der Waals surface area contributed by atoms with Crippen molar-refractivity contribution >= 4 is 15.9 Å². The fraction of sp³-hybridized carbons (Fsp3) is 0.350. The highest BCUT2D eigenvalue weighted by Gasteiger charge is 2.18. The third kappa shape index (κ3) is 5.16. The number of ether oxygens (including phenoxy) is 2. The van der Waals surface area contributed by atoms with E-state index in [2.05, 4.69) is 5.32 Å². The SMILES string of the molecule is COc1ccc(CNC(=O)N(C)C(C)c2ccc(S(C)(=O)=O)cc2)cc1OC. The Morgan fingerprint density at radius 2 is 1.68 bits per heavy atom. The zero-order chi connectivity index (χ0) is 20.9. The van der Waals surface area contributed by atoms with Gasteiger partial charge in [0.2, 0.25) is 0 Å². The van der Waals surface area contributed by atoms with E-state index in [0.717, 1.165) is 11.1 Å². The van der Waals surface area contributed by atoms with Crippen LogP contribution in [0.5, 0.6) is 11.5 Å². The Morgan fingerprint density at radius 3 is 2.21 bits per heavy atom. The molecule has 7 nitrogen and oxygen atoms in total. The van der Waals surface area contributed by atoms with Crippen molar-refractivity contribution < 1.29 is 22.7 Å². The van der Waals surface area contributed by atoms with Crippen LogP contribution in [0.3, 0.4) is 0 Å². The average molecular weight is 407 g/mol. The Hall–Kier alpha value is -2.74. The van der Waals surface area contributed by atoms with Crippen LogP contribution in [0.25, 0.3) is 0 Å². The highest BCUT2D eigenvalue weighted by atomic mass is 32.2. The average Bonchev–Trinajstić information content (AvgIpc) is 2.69. The van der Waals surface area contributed by atoms with Gasteiger partial charge >= 0.3 is 6.03 Å². The first kappa shape index (κ1) is 21.6. The number of carbonyl (C=O) groups is 1. The Morgan fingerprint density at radius 1 is 1.07 bits per heavy atom. The van der Waals surface area contributed by atoms with Crippen LogP contribution in [0.2, 0.25) is 0 Å². The number of amides is 2. The summed E-state index contributed by atoms with van der Waals surface area (Å²) in [5, 5.41) is 2.87. The normalized spacial score (nSPS) is 12.2. The van der Waals surface area contributed by atoms with E-state index in [1.807, 2.05) is 19.1 Å². The first-order valence-corrected chi connectivity index (χ1v) is 10.6. The van der Waals surface area contributed by atoms with Crippen LogP contribution in [-0.2, 0) is 16.4 Å². The second-order valence-electron chi connectivity index (χ2n) is 6.48. The van der Waals surface area contributed by atoms with Gasteiger partial charge < -0.3 is 19.7 Å². The number of nitrogens with one attached hydrogen (secondary N) is 1. The van der Waals surface area contributed by atoms with Crippen molar-refractivity contribution in [2.45, 2.75) is 24.4 Å². The number of nitrogens with zero attached hydrogens (tertiary/aromatic N) is 1. The fourth-order valence-corrected chi connectivity index (χ4v) is 3.32. The van der Waals surface area contributed by atoms with Gasteiger partial charge in [0.25, 0.3) is 0 Å². The lowest BCUT2D eigenvalue weighted by Crippen LogP contribution is -2.38. The van der Waals surface area contributed by atoms with Gasteiger partial charge in [0.05, 0.1) is 25.2 Å². The van der Waals surface area contributed by atoms with Crippen LogP contribution in [0.1, 0.15) is 24.1 Å². The van der Waals surface area contributed by atoms with Crippen molar-refractivity contribution in [2.75, 3.05) is 27.5 Å². The lowest BCUT2D eigenvalue weighted by atomic mass is 10.1. The van der Waals surface area contributed by atoms with Crippen molar-refractivity contribution in [3.8, 4) is 11.5 Å². The van der Waals surface area contributed by atoms with Crippen molar-refractivity contribution in [3.63, 3.8) is 0 Å². The fourth-order valence-electron chi connectivity index (χ4n) is 2.69. The van der Waals surface area contributed by atoms with Crippen LogP contribution in [0, 0.1) is 0 Å². The number of methoxy groups -OCH3 is 2. The minimum Gasteiger partial charge on any atom is -0.493 e. The summed E-state index contributed by atoms with van der Waals surface area (Å²) in [7, 11) is 1.58. The lowest BCUT2D eigenvalue weighted by Gasteiger charge is -2.26. The number of hydrogen-bond acceptors (Lipinski definition) is 5. The zero-order valence-electron chi connectivity index (χ0n) is 16.7. The first-order chi connectivity index (χ1) is 13.2. The molecule has 0 aliphatic heterocycles. The topological polar surface area (TPSA) is 84.9 Å². The summed E-state index contributed by atoms with van der Waals surface area (Å²) < 4.78 is 33.6. The molecule has 0 fully saturated rings. The molecule has 1 unspecified atom stereocenters. The summed E-state index contributed by atoms with van der Waals surface area (Å²) in [6.45, 7) is 2.22. The van der Waals surface area contributed by atoms with Gasteiger partial charge in [-0.05, 0) is 42.3 Å². The minimum absolute atomic E-state index is 0.223. The van der Waals surface area contributed by atoms with Gasteiger partial charge in [0.15, 0.2) is 21.3 Å². The van der Waals surface area contributed by atoms with E-state index in [-0.39, 0.29) is 17.0 Å².